The molecule has 0 bridgehead atoms. The van der Waals surface area contributed by atoms with Gasteiger partial charge in [0.1, 0.15) is 11.6 Å². The molecule has 142 valence electrons. The maximum atomic E-state index is 12.4. The van der Waals surface area contributed by atoms with Gasteiger partial charge in [-0.3, -0.25) is 10.1 Å². The van der Waals surface area contributed by atoms with Crippen molar-refractivity contribution in [1.29, 1.82) is 0 Å². The fraction of sp³-hybridized carbons (Fsp3) is 0.421. The highest BCUT2D eigenvalue weighted by Gasteiger charge is 2.33. The monoisotopic (exact) mass is 369 g/mol. The van der Waals surface area contributed by atoms with Crippen molar-refractivity contribution in [3.63, 3.8) is 0 Å². The first-order valence-corrected chi connectivity index (χ1v) is 9.16. The van der Waals surface area contributed by atoms with E-state index in [1.165, 1.54) is 12.8 Å². The van der Waals surface area contributed by atoms with E-state index in [1.807, 2.05) is 28.9 Å². The van der Waals surface area contributed by atoms with Crippen molar-refractivity contribution < 1.29 is 14.3 Å². The Morgan fingerprint density at radius 2 is 2.11 bits per heavy atom. The van der Waals surface area contributed by atoms with Crippen LogP contribution in [0.5, 0.6) is 5.75 Å². The summed E-state index contributed by atoms with van der Waals surface area (Å²) in [6, 6.07) is 8.57. The highest BCUT2D eigenvalue weighted by atomic mass is 16.5. The average Bonchev–Trinajstić information content (AvgIpc) is 3.26. The lowest BCUT2D eigenvalue weighted by atomic mass is 10.2. The van der Waals surface area contributed by atoms with Gasteiger partial charge in [0.25, 0.3) is 0 Å². The summed E-state index contributed by atoms with van der Waals surface area (Å²) >= 11 is 0. The van der Waals surface area contributed by atoms with Crippen LogP contribution in [0.4, 0.5) is 16.3 Å². The van der Waals surface area contributed by atoms with Gasteiger partial charge in [-0.05, 0) is 30.9 Å². The van der Waals surface area contributed by atoms with Crippen molar-refractivity contribution in [2.45, 2.75) is 31.8 Å². The molecule has 1 atom stereocenters. The molecule has 2 aromatic rings. The number of hydrogen-bond acceptors (Lipinski definition) is 4. The van der Waals surface area contributed by atoms with E-state index in [2.05, 4.69) is 15.7 Å². The predicted molar refractivity (Wildman–Crippen MR) is 101 cm³/mol. The summed E-state index contributed by atoms with van der Waals surface area (Å²) in [5.41, 5.74) is 0.720. The Morgan fingerprint density at radius 1 is 1.30 bits per heavy atom. The molecule has 27 heavy (non-hydrogen) atoms. The molecule has 1 saturated heterocycles. The molecule has 2 aliphatic rings. The highest BCUT2D eigenvalue weighted by molar-refractivity contribution is 5.98. The zero-order chi connectivity index (χ0) is 18.8. The smallest absolute Gasteiger partial charge is 0.320 e. The molecule has 2 fully saturated rings. The standard InChI is InChI=1S/C19H23N5O3/c1-27-16-5-3-2-4-15(16)23-12-14(10-18(23)25)21-19(26)22-17-8-9-20-24(17)11-13-6-7-13/h2-5,8-9,13-14H,6-7,10-12H2,1H3,(H2,21,22,26)/t14-/m0/s1. The van der Waals surface area contributed by atoms with E-state index >= 15 is 0 Å². The first-order valence-electron chi connectivity index (χ1n) is 9.16. The largest absolute Gasteiger partial charge is 0.495 e. The summed E-state index contributed by atoms with van der Waals surface area (Å²) in [5, 5.41) is 9.99. The van der Waals surface area contributed by atoms with Crippen molar-refractivity contribution in [3.05, 3.63) is 36.5 Å². The summed E-state index contributed by atoms with van der Waals surface area (Å²) in [5.74, 6) is 1.93. The fourth-order valence-corrected chi connectivity index (χ4v) is 3.36. The van der Waals surface area contributed by atoms with Crippen LogP contribution in [0.25, 0.3) is 0 Å². The number of carbonyl (C=O) groups excluding carboxylic acids is 2. The number of aromatic nitrogens is 2. The Bertz CT molecular complexity index is 845. The molecule has 1 aromatic carbocycles. The summed E-state index contributed by atoms with van der Waals surface area (Å²) in [7, 11) is 1.58. The number of anilines is 2. The Morgan fingerprint density at radius 3 is 2.89 bits per heavy atom. The minimum Gasteiger partial charge on any atom is -0.495 e. The number of methoxy groups -OCH3 is 1. The van der Waals surface area contributed by atoms with Gasteiger partial charge in [0.2, 0.25) is 5.91 Å². The first-order chi connectivity index (χ1) is 13.1. The molecule has 1 aliphatic heterocycles. The number of rotatable bonds is 6. The number of benzene rings is 1. The molecule has 1 aliphatic carbocycles. The lowest BCUT2D eigenvalue weighted by Crippen LogP contribution is -2.40. The Hall–Kier alpha value is -3.03. The van der Waals surface area contributed by atoms with Gasteiger partial charge in [-0.2, -0.15) is 5.10 Å². The second-order valence-electron chi connectivity index (χ2n) is 7.02. The van der Waals surface area contributed by atoms with Gasteiger partial charge in [0.15, 0.2) is 0 Å². The molecule has 0 unspecified atom stereocenters. The third-order valence-corrected chi connectivity index (χ3v) is 4.92. The normalized spacial score (nSPS) is 19.2. The number of ether oxygens (including phenoxy) is 1. The van der Waals surface area contributed by atoms with Crippen molar-refractivity contribution in [2.24, 2.45) is 5.92 Å². The van der Waals surface area contributed by atoms with Gasteiger partial charge in [-0.1, -0.05) is 12.1 Å². The van der Waals surface area contributed by atoms with Crippen molar-refractivity contribution in [3.8, 4) is 5.75 Å². The van der Waals surface area contributed by atoms with Crippen molar-refractivity contribution in [1.82, 2.24) is 15.1 Å². The van der Waals surface area contributed by atoms with Gasteiger partial charge < -0.3 is 15.0 Å². The molecule has 1 saturated carbocycles. The van der Waals surface area contributed by atoms with Gasteiger partial charge in [0.05, 0.1) is 25.0 Å². The number of amides is 3. The zero-order valence-electron chi connectivity index (χ0n) is 15.2. The van der Waals surface area contributed by atoms with Crippen molar-refractivity contribution in [2.75, 3.05) is 23.9 Å². The summed E-state index contributed by atoms with van der Waals surface area (Å²) in [6.45, 7) is 1.24. The molecule has 1 aromatic heterocycles. The van der Waals surface area contributed by atoms with Crippen LogP contribution in [0.15, 0.2) is 36.5 Å². The van der Waals surface area contributed by atoms with Crippen LogP contribution in [0.2, 0.25) is 0 Å². The number of urea groups is 1. The summed E-state index contributed by atoms with van der Waals surface area (Å²) < 4.78 is 7.16. The molecule has 2 N–H and O–H groups in total. The number of carbonyl (C=O) groups is 2. The van der Waals surface area contributed by atoms with Gasteiger partial charge in [-0.15, -0.1) is 0 Å². The molecular formula is C19H23N5O3. The molecule has 0 spiro atoms. The average molecular weight is 369 g/mol. The molecular weight excluding hydrogens is 346 g/mol. The van der Waals surface area contributed by atoms with Crippen LogP contribution < -0.4 is 20.3 Å². The Balaban J connectivity index is 1.37. The SMILES string of the molecule is COc1ccccc1N1C[C@@H](NC(=O)Nc2ccnn2CC2CC2)CC1=O. The minimum atomic E-state index is -0.327. The van der Waals surface area contributed by atoms with E-state index < -0.39 is 0 Å². The van der Waals surface area contributed by atoms with E-state index in [4.69, 9.17) is 4.74 Å². The highest BCUT2D eigenvalue weighted by Crippen LogP contribution is 2.32. The molecule has 3 amide bonds. The molecule has 4 rings (SSSR count). The van der Waals surface area contributed by atoms with Crippen LogP contribution in [-0.2, 0) is 11.3 Å². The van der Waals surface area contributed by atoms with Crippen LogP contribution >= 0.6 is 0 Å². The molecule has 8 heteroatoms. The summed E-state index contributed by atoms with van der Waals surface area (Å²) in [4.78, 5) is 26.4. The quantitative estimate of drug-likeness (QED) is 0.817. The van der Waals surface area contributed by atoms with Gasteiger partial charge >= 0.3 is 6.03 Å². The van der Waals surface area contributed by atoms with Gasteiger partial charge in [-0.25, -0.2) is 9.48 Å². The fourth-order valence-electron chi connectivity index (χ4n) is 3.36. The Kier molecular flexibility index (Phi) is 4.70. The molecule has 0 radical (unpaired) electrons. The lowest BCUT2D eigenvalue weighted by Gasteiger charge is -2.19. The minimum absolute atomic E-state index is 0.0384. The molecule has 8 nitrogen and oxygen atoms in total. The second-order valence-corrected chi connectivity index (χ2v) is 7.02. The third-order valence-electron chi connectivity index (χ3n) is 4.92. The van der Waals surface area contributed by atoms with Crippen LogP contribution in [-0.4, -0.2) is 41.4 Å². The number of hydrogen-bond donors (Lipinski definition) is 2. The number of para-hydroxylation sites is 2. The lowest BCUT2D eigenvalue weighted by molar-refractivity contribution is -0.117. The van der Waals surface area contributed by atoms with E-state index in [-0.39, 0.29) is 24.4 Å². The zero-order valence-corrected chi connectivity index (χ0v) is 15.2. The summed E-state index contributed by atoms with van der Waals surface area (Å²) in [6.07, 6.45) is 4.37. The predicted octanol–water partition coefficient (Wildman–Crippen LogP) is 2.23. The van der Waals surface area contributed by atoms with Crippen LogP contribution in [0, 0.1) is 5.92 Å². The topological polar surface area (TPSA) is 88.5 Å². The maximum absolute atomic E-state index is 12.4. The van der Waals surface area contributed by atoms with Crippen LogP contribution in [0.3, 0.4) is 0 Å². The van der Waals surface area contributed by atoms with Crippen LogP contribution in [0.1, 0.15) is 19.3 Å². The van der Waals surface area contributed by atoms with Crippen molar-refractivity contribution >= 4 is 23.4 Å². The maximum Gasteiger partial charge on any atom is 0.320 e. The van der Waals surface area contributed by atoms with E-state index in [1.54, 1.807) is 24.3 Å². The van der Waals surface area contributed by atoms with E-state index in [0.29, 0.717) is 24.0 Å². The van der Waals surface area contributed by atoms with E-state index in [9.17, 15) is 9.59 Å². The molecule has 2 heterocycles. The first kappa shape index (κ1) is 17.4. The Labute approximate surface area is 157 Å². The second kappa shape index (κ2) is 7.30. The third kappa shape index (κ3) is 3.89. The number of nitrogens with zero attached hydrogens (tertiary/aromatic N) is 3. The number of nitrogens with one attached hydrogen (secondary N) is 2. The van der Waals surface area contributed by atoms with Gasteiger partial charge in [0, 0.05) is 25.6 Å². The van der Waals surface area contributed by atoms with E-state index in [0.717, 1.165) is 12.2 Å².